The highest BCUT2D eigenvalue weighted by Gasteiger charge is 2.40. The van der Waals surface area contributed by atoms with Gasteiger partial charge in [0.2, 0.25) is 5.91 Å². The second-order valence-corrected chi connectivity index (χ2v) is 5.34. The van der Waals surface area contributed by atoms with Crippen LogP contribution in [0, 0.1) is 0 Å². The summed E-state index contributed by atoms with van der Waals surface area (Å²) in [7, 11) is 0. The van der Waals surface area contributed by atoms with Gasteiger partial charge in [0.25, 0.3) is 0 Å². The third-order valence-electron chi connectivity index (χ3n) is 3.90. The standard InChI is InChI=1S/C13H15N5O2/c1-7(19)15-12-3-11-10(4-14-12)13(17-16-11)18-5-9-2-8(18)6-20-9/h3-4,8-9H,2,5-6H2,1H3,(H,16,17)(H,14,15,19). The molecule has 20 heavy (non-hydrogen) atoms. The number of morpholine rings is 1. The molecule has 0 saturated carbocycles. The molecule has 7 nitrogen and oxygen atoms in total. The molecule has 2 aliphatic heterocycles. The number of pyridine rings is 1. The van der Waals surface area contributed by atoms with Crippen LogP contribution in [0.5, 0.6) is 0 Å². The van der Waals surface area contributed by atoms with E-state index in [0.717, 1.165) is 36.3 Å². The van der Waals surface area contributed by atoms with Crippen molar-refractivity contribution in [1.29, 1.82) is 0 Å². The maximum Gasteiger partial charge on any atom is 0.222 e. The van der Waals surface area contributed by atoms with E-state index in [-0.39, 0.29) is 5.91 Å². The summed E-state index contributed by atoms with van der Waals surface area (Å²) < 4.78 is 5.61. The molecule has 2 aromatic heterocycles. The number of ether oxygens (including phenoxy) is 1. The third kappa shape index (κ3) is 1.74. The van der Waals surface area contributed by atoms with Crippen molar-refractivity contribution >= 4 is 28.4 Å². The zero-order chi connectivity index (χ0) is 13.7. The van der Waals surface area contributed by atoms with Gasteiger partial charge in [-0.3, -0.25) is 9.89 Å². The van der Waals surface area contributed by atoms with Crippen LogP contribution < -0.4 is 10.2 Å². The van der Waals surface area contributed by atoms with Crippen molar-refractivity contribution in [3.63, 3.8) is 0 Å². The lowest BCUT2D eigenvalue weighted by molar-refractivity contribution is -0.114. The van der Waals surface area contributed by atoms with Gasteiger partial charge in [-0.05, 0) is 6.42 Å². The van der Waals surface area contributed by atoms with E-state index in [1.807, 2.05) is 0 Å². The number of aromatic nitrogens is 3. The van der Waals surface area contributed by atoms with E-state index < -0.39 is 0 Å². The summed E-state index contributed by atoms with van der Waals surface area (Å²) in [6.07, 6.45) is 3.16. The SMILES string of the molecule is CC(=O)Nc1cc2[nH]nc(N3CC4CC3CO4)c2cn1. The van der Waals surface area contributed by atoms with Crippen molar-refractivity contribution in [1.82, 2.24) is 15.2 Å². The fourth-order valence-corrected chi connectivity index (χ4v) is 3.03. The minimum Gasteiger partial charge on any atom is -0.374 e. The number of nitrogens with zero attached hydrogens (tertiary/aromatic N) is 3. The van der Waals surface area contributed by atoms with Gasteiger partial charge < -0.3 is 15.0 Å². The van der Waals surface area contributed by atoms with Crippen LogP contribution in [-0.2, 0) is 9.53 Å². The zero-order valence-corrected chi connectivity index (χ0v) is 11.1. The Hall–Kier alpha value is -2.15. The number of carbonyl (C=O) groups is 1. The van der Waals surface area contributed by atoms with Gasteiger partial charge >= 0.3 is 0 Å². The average molecular weight is 273 g/mol. The smallest absolute Gasteiger partial charge is 0.222 e. The summed E-state index contributed by atoms with van der Waals surface area (Å²) in [6, 6.07) is 2.22. The molecule has 0 aromatic carbocycles. The highest BCUT2D eigenvalue weighted by atomic mass is 16.5. The molecular formula is C13H15N5O2. The van der Waals surface area contributed by atoms with E-state index in [4.69, 9.17) is 4.74 Å². The Labute approximate surface area is 115 Å². The molecule has 0 spiro atoms. The zero-order valence-electron chi connectivity index (χ0n) is 11.1. The number of H-pyrrole nitrogens is 1. The molecule has 2 atom stereocenters. The number of carbonyl (C=O) groups excluding carboxylic acids is 1. The van der Waals surface area contributed by atoms with Crippen LogP contribution >= 0.6 is 0 Å². The van der Waals surface area contributed by atoms with Gasteiger partial charge in [0.15, 0.2) is 5.82 Å². The Balaban J connectivity index is 1.69. The van der Waals surface area contributed by atoms with Gasteiger partial charge in [0.1, 0.15) is 5.82 Å². The van der Waals surface area contributed by atoms with Crippen molar-refractivity contribution in [3.05, 3.63) is 12.3 Å². The van der Waals surface area contributed by atoms with Crippen LogP contribution in [-0.4, -0.2) is 46.4 Å². The van der Waals surface area contributed by atoms with E-state index in [2.05, 4.69) is 25.4 Å². The highest BCUT2D eigenvalue weighted by molar-refractivity contribution is 5.94. The molecule has 2 unspecified atom stereocenters. The summed E-state index contributed by atoms with van der Waals surface area (Å²) >= 11 is 0. The Morgan fingerprint density at radius 2 is 2.50 bits per heavy atom. The van der Waals surface area contributed by atoms with E-state index in [9.17, 15) is 4.79 Å². The molecule has 4 rings (SSSR count). The lowest BCUT2D eigenvalue weighted by atomic mass is 10.2. The molecule has 0 radical (unpaired) electrons. The molecule has 2 saturated heterocycles. The minimum absolute atomic E-state index is 0.134. The Morgan fingerprint density at radius 3 is 3.20 bits per heavy atom. The highest BCUT2D eigenvalue weighted by Crippen LogP contribution is 2.35. The Bertz CT molecular complexity index is 682. The monoisotopic (exact) mass is 273 g/mol. The van der Waals surface area contributed by atoms with Gasteiger partial charge in [-0.15, -0.1) is 0 Å². The Kier molecular flexibility index (Phi) is 2.43. The fraction of sp³-hybridized carbons (Fsp3) is 0.462. The van der Waals surface area contributed by atoms with Crippen molar-refractivity contribution < 1.29 is 9.53 Å². The van der Waals surface area contributed by atoms with Gasteiger partial charge in [-0.2, -0.15) is 5.10 Å². The molecule has 2 aromatic rings. The van der Waals surface area contributed by atoms with Crippen molar-refractivity contribution in [2.24, 2.45) is 0 Å². The summed E-state index contributed by atoms with van der Waals surface area (Å²) in [6.45, 7) is 3.12. The van der Waals surface area contributed by atoms with Crippen LogP contribution in [0.4, 0.5) is 11.6 Å². The number of hydrogen-bond donors (Lipinski definition) is 2. The molecule has 104 valence electrons. The molecule has 2 N–H and O–H groups in total. The number of aromatic amines is 1. The van der Waals surface area contributed by atoms with Gasteiger partial charge in [0.05, 0.1) is 29.7 Å². The second kappa shape index (κ2) is 4.17. The number of hydrogen-bond acceptors (Lipinski definition) is 5. The first-order valence-corrected chi connectivity index (χ1v) is 6.70. The molecule has 2 bridgehead atoms. The molecule has 7 heteroatoms. The number of fused-ring (bicyclic) bond motifs is 3. The maximum absolute atomic E-state index is 11.1. The lowest BCUT2D eigenvalue weighted by Crippen LogP contribution is -2.37. The lowest BCUT2D eigenvalue weighted by Gasteiger charge is -2.26. The largest absolute Gasteiger partial charge is 0.374 e. The predicted octanol–water partition coefficient (Wildman–Crippen LogP) is 0.894. The first kappa shape index (κ1) is 11.7. The molecule has 1 amide bonds. The fourth-order valence-electron chi connectivity index (χ4n) is 3.03. The summed E-state index contributed by atoms with van der Waals surface area (Å²) in [4.78, 5) is 17.6. The number of anilines is 2. The van der Waals surface area contributed by atoms with Gasteiger partial charge in [-0.1, -0.05) is 0 Å². The average Bonchev–Trinajstić information content (AvgIpc) is 3.11. The predicted molar refractivity (Wildman–Crippen MR) is 73.7 cm³/mol. The van der Waals surface area contributed by atoms with Crippen molar-refractivity contribution in [2.75, 3.05) is 23.4 Å². The van der Waals surface area contributed by atoms with E-state index >= 15 is 0 Å². The number of amides is 1. The summed E-state index contributed by atoms with van der Waals surface area (Å²) in [5, 5.41) is 11.1. The summed E-state index contributed by atoms with van der Waals surface area (Å²) in [5.41, 5.74) is 0.877. The van der Waals surface area contributed by atoms with Crippen LogP contribution in [0.15, 0.2) is 12.3 Å². The first-order valence-electron chi connectivity index (χ1n) is 6.70. The topological polar surface area (TPSA) is 83.1 Å². The molecule has 0 aliphatic carbocycles. The normalized spacial score (nSPS) is 24.6. The molecule has 4 heterocycles. The minimum atomic E-state index is -0.134. The molecule has 2 fully saturated rings. The third-order valence-corrected chi connectivity index (χ3v) is 3.90. The maximum atomic E-state index is 11.1. The first-order chi connectivity index (χ1) is 9.70. The Morgan fingerprint density at radius 1 is 1.60 bits per heavy atom. The number of nitrogens with one attached hydrogen (secondary N) is 2. The van der Waals surface area contributed by atoms with Crippen LogP contribution in [0.3, 0.4) is 0 Å². The van der Waals surface area contributed by atoms with E-state index in [1.165, 1.54) is 6.92 Å². The van der Waals surface area contributed by atoms with Gasteiger partial charge in [0, 0.05) is 25.7 Å². The quantitative estimate of drug-likeness (QED) is 0.849. The molecular weight excluding hydrogens is 258 g/mol. The van der Waals surface area contributed by atoms with Crippen LogP contribution in [0.25, 0.3) is 10.9 Å². The van der Waals surface area contributed by atoms with E-state index in [1.54, 1.807) is 12.3 Å². The molecule has 2 aliphatic rings. The van der Waals surface area contributed by atoms with E-state index in [0.29, 0.717) is 18.0 Å². The van der Waals surface area contributed by atoms with Crippen LogP contribution in [0.1, 0.15) is 13.3 Å². The second-order valence-electron chi connectivity index (χ2n) is 5.34. The van der Waals surface area contributed by atoms with Crippen molar-refractivity contribution in [3.8, 4) is 0 Å². The van der Waals surface area contributed by atoms with Crippen LogP contribution in [0.2, 0.25) is 0 Å². The van der Waals surface area contributed by atoms with Gasteiger partial charge in [-0.25, -0.2) is 4.98 Å². The van der Waals surface area contributed by atoms with Crippen molar-refractivity contribution in [2.45, 2.75) is 25.5 Å². The summed E-state index contributed by atoms with van der Waals surface area (Å²) in [5.74, 6) is 1.33. The number of rotatable bonds is 2.